The van der Waals surface area contributed by atoms with Crippen LogP contribution in [0.2, 0.25) is 0 Å². The second kappa shape index (κ2) is 8.19. The van der Waals surface area contributed by atoms with E-state index in [1.54, 1.807) is 4.31 Å². The van der Waals surface area contributed by atoms with Gasteiger partial charge in [0.15, 0.2) is 0 Å². The van der Waals surface area contributed by atoms with Crippen molar-refractivity contribution in [2.75, 3.05) is 26.7 Å². The van der Waals surface area contributed by atoms with Crippen molar-refractivity contribution in [2.24, 2.45) is 5.92 Å². The number of rotatable bonds is 8. The lowest BCUT2D eigenvalue weighted by Gasteiger charge is -2.33. The third-order valence-corrected chi connectivity index (χ3v) is 5.40. The summed E-state index contributed by atoms with van der Waals surface area (Å²) < 4.78 is 29.2. The first-order chi connectivity index (χ1) is 9.03. The lowest BCUT2D eigenvalue weighted by Crippen LogP contribution is -2.50. The van der Waals surface area contributed by atoms with E-state index < -0.39 is 10.2 Å². The number of nitrogens with one attached hydrogen (secondary N) is 2. The van der Waals surface area contributed by atoms with Crippen LogP contribution < -0.4 is 10.0 Å². The molecule has 0 bridgehead atoms. The highest BCUT2D eigenvalue weighted by Crippen LogP contribution is 2.18. The lowest BCUT2D eigenvalue weighted by atomic mass is 10.00. The second-order valence-corrected chi connectivity index (χ2v) is 7.14. The molecule has 1 rings (SSSR count). The maximum absolute atomic E-state index is 12.4. The molecule has 0 saturated carbocycles. The fourth-order valence-electron chi connectivity index (χ4n) is 2.68. The van der Waals surface area contributed by atoms with Gasteiger partial charge in [0.2, 0.25) is 0 Å². The molecule has 1 aliphatic heterocycles. The lowest BCUT2D eigenvalue weighted by molar-refractivity contribution is 0.259. The van der Waals surface area contributed by atoms with Crippen LogP contribution in [0.3, 0.4) is 0 Å². The molecular weight excluding hydrogens is 262 g/mol. The van der Waals surface area contributed by atoms with Crippen LogP contribution in [-0.4, -0.2) is 45.4 Å². The van der Waals surface area contributed by atoms with Gasteiger partial charge in [0.25, 0.3) is 10.2 Å². The van der Waals surface area contributed by atoms with Crippen LogP contribution in [0.1, 0.15) is 46.0 Å². The zero-order valence-electron chi connectivity index (χ0n) is 12.5. The SMILES string of the molecule is CCCC(CC)NS(=O)(=O)N1CCCC(CNC)C1. The molecule has 2 atom stereocenters. The van der Waals surface area contributed by atoms with Gasteiger partial charge in [-0.1, -0.05) is 20.3 Å². The minimum atomic E-state index is -3.31. The van der Waals surface area contributed by atoms with Crippen LogP contribution in [0.4, 0.5) is 0 Å². The third kappa shape index (κ3) is 5.38. The van der Waals surface area contributed by atoms with Crippen LogP contribution in [-0.2, 0) is 10.2 Å². The number of nitrogens with zero attached hydrogens (tertiary/aromatic N) is 1. The molecule has 1 heterocycles. The second-order valence-electron chi connectivity index (χ2n) is 5.44. The van der Waals surface area contributed by atoms with Crippen molar-refractivity contribution in [3.8, 4) is 0 Å². The summed E-state index contributed by atoms with van der Waals surface area (Å²) in [7, 11) is -1.40. The summed E-state index contributed by atoms with van der Waals surface area (Å²) in [4.78, 5) is 0. The van der Waals surface area contributed by atoms with Gasteiger partial charge in [-0.2, -0.15) is 17.4 Å². The van der Waals surface area contributed by atoms with Gasteiger partial charge < -0.3 is 5.32 Å². The molecular formula is C13H29N3O2S. The number of hydrogen-bond donors (Lipinski definition) is 2. The number of hydrogen-bond acceptors (Lipinski definition) is 3. The van der Waals surface area contributed by atoms with Crippen molar-refractivity contribution in [1.29, 1.82) is 0 Å². The molecule has 2 N–H and O–H groups in total. The zero-order valence-corrected chi connectivity index (χ0v) is 13.3. The average molecular weight is 291 g/mol. The normalized spacial score (nSPS) is 23.4. The van der Waals surface area contributed by atoms with Crippen LogP contribution in [0.25, 0.3) is 0 Å². The highest BCUT2D eigenvalue weighted by molar-refractivity contribution is 7.87. The molecule has 0 spiro atoms. The summed E-state index contributed by atoms with van der Waals surface area (Å²) in [5.41, 5.74) is 0. The molecule has 1 saturated heterocycles. The molecule has 0 aromatic rings. The van der Waals surface area contributed by atoms with E-state index in [0.717, 1.165) is 38.6 Å². The molecule has 6 heteroatoms. The smallest absolute Gasteiger partial charge is 0.279 e. The van der Waals surface area contributed by atoms with E-state index >= 15 is 0 Å². The van der Waals surface area contributed by atoms with Gasteiger partial charge in [0.05, 0.1) is 0 Å². The average Bonchev–Trinajstić information content (AvgIpc) is 2.39. The standard InChI is InChI=1S/C13H29N3O2S/c1-4-7-13(5-2)15-19(17,18)16-9-6-8-12(11-16)10-14-3/h12-15H,4-11H2,1-3H3. The fourth-order valence-corrected chi connectivity index (χ4v) is 4.31. The molecule has 2 unspecified atom stereocenters. The van der Waals surface area contributed by atoms with Crippen molar-refractivity contribution in [2.45, 2.75) is 52.0 Å². The molecule has 1 fully saturated rings. The third-order valence-electron chi connectivity index (χ3n) is 3.76. The Hall–Kier alpha value is -0.170. The Kier molecular flexibility index (Phi) is 7.28. The highest BCUT2D eigenvalue weighted by atomic mass is 32.2. The first kappa shape index (κ1) is 16.9. The van der Waals surface area contributed by atoms with E-state index in [1.807, 2.05) is 14.0 Å². The molecule has 0 aromatic heterocycles. The summed E-state index contributed by atoms with van der Waals surface area (Å²) in [6, 6.07) is 0.0691. The largest absolute Gasteiger partial charge is 0.319 e. The first-order valence-electron chi connectivity index (χ1n) is 7.45. The summed E-state index contributed by atoms with van der Waals surface area (Å²) in [6.45, 7) is 6.29. The van der Waals surface area contributed by atoms with Crippen molar-refractivity contribution in [3.63, 3.8) is 0 Å². The van der Waals surface area contributed by atoms with Gasteiger partial charge in [-0.25, -0.2) is 0 Å². The predicted octanol–water partition coefficient (Wildman–Crippen LogP) is 1.33. The quantitative estimate of drug-likeness (QED) is 0.709. The molecule has 0 aliphatic carbocycles. The van der Waals surface area contributed by atoms with E-state index in [0.29, 0.717) is 19.0 Å². The van der Waals surface area contributed by atoms with E-state index in [9.17, 15) is 8.42 Å². The Morgan fingerprint density at radius 1 is 1.37 bits per heavy atom. The van der Waals surface area contributed by atoms with Crippen molar-refractivity contribution in [3.05, 3.63) is 0 Å². The van der Waals surface area contributed by atoms with Gasteiger partial charge in [-0.15, -0.1) is 0 Å². The summed E-state index contributed by atoms with van der Waals surface area (Å²) in [6.07, 6.45) is 4.82. The van der Waals surface area contributed by atoms with Crippen LogP contribution in [0, 0.1) is 5.92 Å². The molecule has 1 aliphatic rings. The van der Waals surface area contributed by atoms with Crippen LogP contribution in [0.5, 0.6) is 0 Å². The Balaban J connectivity index is 2.60. The Morgan fingerprint density at radius 2 is 2.11 bits per heavy atom. The minimum absolute atomic E-state index is 0.0691. The highest BCUT2D eigenvalue weighted by Gasteiger charge is 2.29. The Bertz CT molecular complexity index is 344. The molecule has 0 amide bonds. The van der Waals surface area contributed by atoms with Gasteiger partial charge in [-0.3, -0.25) is 0 Å². The minimum Gasteiger partial charge on any atom is -0.319 e. The monoisotopic (exact) mass is 291 g/mol. The van der Waals surface area contributed by atoms with Gasteiger partial charge in [0, 0.05) is 19.1 Å². The summed E-state index contributed by atoms with van der Waals surface area (Å²) in [5.74, 6) is 0.432. The fraction of sp³-hybridized carbons (Fsp3) is 1.00. The van der Waals surface area contributed by atoms with Crippen molar-refractivity contribution < 1.29 is 8.42 Å². The maximum atomic E-state index is 12.4. The van der Waals surface area contributed by atoms with Crippen LogP contribution >= 0.6 is 0 Å². The molecule has 19 heavy (non-hydrogen) atoms. The van der Waals surface area contributed by atoms with E-state index in [-0.39, 0.29) is 6.04 Å². The first-order valence-corrected chi connectivity index (χ1v) is 8.89. The van der Waals surface area contributed by atoms with Gasteiger partial charge >= 0.3 is 0 Å². The van der Waals surface area contributed by atoms with E-state index in [4.69, 9.17) is 0 Å². The summed E-state index contributed by atoms with van der Waals surface area (Å²) in [5, 5.41) is 3.14. The zero-order chi connectivity index (χ0) is 14.3. The van der Waals surface area contributed by atoms with Gasteiger partial charge in [0.1, 0.15) is 0 Å². The molecule has 5 nitrogen and oxygen atoms in total. The van der Waals surface area contributed by atoms with Crippen molar-refractivity contribution in [1.82, 2.24) is 14.3 Å². The topological polar surface area (TPSA) is 61.4 Å². The van der Waals surface area contributed by atoms with Gasteiger partial charge in [-0.05, 0) is 45.2 Å². The van der Waals surface area contributed by atoms with E-state index in [1.165, 1.54) is 0 Å². The van der Waals surface area contributed by atoms with Crippen LogP contribution in [0.15, 0.2) is 0 Å². The Labute approximate surface area is 118 Å². The molecule has 0 radical (unpaired) electrons. The Morgan fingerprint density at radius 3 is 2.68 bits per heavy atom. The molecule has 114 valence electrons. The number of piperidine rings is 1. The maximum Gasteiger partial charge on any atom is 0.279 e. The van der Waals surface area contributed by atoms with E-state index in [2.05, 4.69) is 17.0 Å². The molecule has 0 aromatic carbocycles. The van der Waals surface area contributed by atoms with Crippen molar-refractivity contribution >= 4 is 10.2 Å². The predicted molar refractivity (Wildman–Crippen MR) is 79.3 cm³/mol. The summed E-state index contributed by atoms with van der Waals surface area (Å²) >= 11 is 0.